The molecule has 0 saturated carbocycles. The Hall–Kier alpha value is -2.38. The second kappa shape index (κ2) is 10.0. The van der Waals surface area contributed by atoms with Crippen LogP contribution in [-0.4, -0.2) is 58.4 Å². The third kappa shape index (κ3) is 5.51. The van der Waals surface area contributed by atoms with Crippen LogP contribution in [0, 0.1) is 17.7 Å². The Balaban J connectivity index is 1.26. The fraction of sp³-hybridized carbons (Fsp3) is 0.560. The summed E-state index contributed by atoms with van der Waals surface area (Å²) in [6, 6.07) is 6.41. The number of rotatable bonds is 6. The highest BCUT2D eigenvalue weighted by Crippen LogP contribution is 2.33. The number of anilines is 1. The van der Waals surface area contributed by atoms with E-state index in [1.165, 1.54) is 17.7 Å². The molecule has 1 N–H and O–H groups in total. The standard InChI is InChI=1S/C25H34FN5O/c1-17(2)24-27-13-18(14-28-24)15-31-10-8-19(9-11-31)23-12-20(16-30(23)3)25(32)29-22-6-4-21(26)5-7-22/h4-7,13-14,17,19-20,23H,8-12,15-16H2,1-3H3,(H,29,32)/t20-,23-/m1/s1. The summed E-state index contributed by atoms with van der Waals surface area (Å²) in [5, 5.41) is 2.95. The van der Waals surface area contributed by atoms with E-state index in [9.17, 15) is 9.18 Å². The van der Waals surface area contributed by atoms with Gasteiger partial charge in [0, 0.05) is 48.7 Å². The van der Waals surface area contributed by atoms with Gasteiger partial charge >= 0.3 is 0 Å². The molecule has 0 unspecified atom stereocenters. The summed E-state index contributed by atoms with van der Waals surface area (Å²) < 4.78 is 13.1. The van der Waals surface area contributed by atoms with Crippen LogP contribution in [0.1, 0.15) is 50.4 Å². The Bertz CT molecular complexity index is 894. The van der Waals surface area contributed by atoms with Crippen molar-refractivity contribution in [3.8, 4) is 0 Å². The molecule has 4 rings (SSSR count). The summed E-state index contributed by atoms with van der Waals surface area (Å²) >= 11 is 0. The summed E-state index contributed by atoms with van der Waals surface area (Å²) in [7, 11) is 2.13. The SMILES string of the molecule is CC(C)c1ncc(CN2CCC([C@H]3C[C@@H](C(=O)Nc4ccc(F)cc4)CN3C)CC2)cn1. The lowest BCUT2D eigenvalue weighted by molar-refractivity contribution is -0.119. The monoisotopic (exact) mass is 439 g/mol. The Kier molecular flexibility index (Phi) is 7.16. The number of amides is 1. The van der Waals surface area contributed by atoms with Gasteiger partial charge < -0.3 is 10.2 Å². The minimum atomic E-state index is -0.296. The van der Waals surface area contributed by atoms with E-state index in [-0.39, 0.29) is 17.6 Å². The van der Waals surface area contributed by atoms with Crippen LogP contribution >= 0.6 is 0 Å². The number of nitrogens with one attached hydrogen (secondary N) is 1. The Morgan fingerprint density at radius 1 is 1.16 bits per heavy atom. The second-order valence-corrected chi connectivity index (χ2v) is 9.65. The number of hydrogen-bond donors (Lipinski definition) is 1. The number of hydrogen-bond acceptors (Lipinski definition) is 5. The lowest BCUT2D eigenvalue weighted by atomic mass is 9.86. The Morgan fingerprint density at radius 2 is 1.81 bits per heavy atom. The highest BCUT2D eigenvalue weighted by molar-refractivity contribution is 5.92. The van der Waals surface area contributed by atoms with Crippen molar-refractivity contribution in [3.63, 3.8) is 0 Å². The maximum atomic E-state index is 13.1. The fourth-order valence-corrected chi connectivity index (χ4v) is 5.05. The molecule has 0 aliphatic carbocycles. The normalized spacial score (nSPS) is 23.0. The van der Waals surface area contributed by atoms with Gasteiger partial charge in [-0.1, -0.05) is 13.8 Å². The quantitative estimate of drug-likeness (QED) is 0.740. The van der Waals surface area contributed by atoms with Gasteiger partial charge in [-0.15, -0.1) is 0 Å². The highest BCUT2D eigenvalue weighted by Gasteiger charge is 2.39. The Morgan fingerprint density at radius 3 is 2.44 bits per heavy atom. The van der Waals surface area contributed by atoms with Crippen molar-refractivity contribution in [2.24, 2.45) is 11.8 Å². The van der Waals surface area contributed by atoms with E-state index in [1.54, 1.807) is 12.1 Å². The molecule has 6 nitrogen and oxygen atoms in total. The molecule has 172 valence electrons. The van der Waals surface area contributed by atoms with Crippen molar-refractivity contribution in [1.82, 2.24) is 19.8 Å². The molecule has 7 heteroatoms. The molecule has 2 saturated heterocycles. The smallest absolute Gasteiger partial charge is 0.228 e. The van der Waals surface area contributed by atoms with Crippen molar-refractivity contribution >= 4 is 11.6 Å². The van der Waals surface area contributed by atoms with Gasteiger partial charge in [-0.2, -0.15) is 0 Å². The molecule has 0 spiro atoms. The van der Waals surface area contributed by atoms with Gasteiger partial charge in [-0.05, 0) is 69.6 Å². The van der Waals surface area contributed by atoms with Crippen molar-refractivity contribution in [2.45, 2.75) is 51.6 Å². The number of nitrogens with zero attached hydrogens (tertiary/aromatic N) is 4. The zero-order valence-corrected chi connectivity index (χ0v) is 19.3. The molecular formula is C25H34FN5O. The van der Waals surface area contributed by atoms with Crippen molar-refractivity contribution in [2.75, 3.05) is 32.0 Å². The fourth-order valence-electron chi connectivity index (χ4n) is 5.05. The van der Waals surface area contributed by atoms with Crippen LogP contribution in [0.4, 0.5) is 10.1 Å². The number of aromatic nitrogens is 2. The van der Waals surface area contributed by atoms with Gasteiger partial charge in [-0.3, -0.25) is 9.69 Å². The van der Waals surface area contributed by atoms with Gasteiger partial charge in [0.1, 0.15) is 11.6 Å². The number of halogens is 1. The average molecular weight is 440 g/mol. The zero-order valence-electron chi connectivity index (χ0n) is 19.3. The van der Waals surface area contributed by atoms with Crippen LogP contribution in [0.25, 0.3) is 0 Å². The maximum Gasteiger partial charge on any atom is 0.228 e. The molecule has 32 heavy (non-hydrogen) atoms. The third-order valence-corrected chi connectivity index (χ3v) is 6.91. The van der Waals surface area contributed by atoms with Crippen LogP contribution in [0.5, 0.6) is 0 Å². The number of carbonyl (C=O) groups excluding carboxylic acids is 1. The van der Waals surface area contributed by atoms with E-state index >= 15 is 0 Å². The van der Waals surface area contributed by atoms with E-state index < -0.39 is 0 Å². The maximum absolute atomic E-state index is 13.1. The Labute approximate surface area is 190 Å². The minimum Gasteiger partial charge on any atom is -0.326 e. The average Bonchev–Trinajstić information content (AvgIpc) is 3.18. The van der Waals surface area contributed by atoms with E-state index in [1.807, 2.05) is 12.4 Å². The molecule has 0 bridgehead atoms. The summed E-state index contributed by atoms with van der Waals surface area (Å²) in [6.07, 6.45) is 7.10. The molecule has 0 radical (unpaired) electrons. The topological polar surface area (TPSA) is 61.4 Å². The van der Waals surface area contributed by atoms with Crippen LogP contribution in [0.15, 0.2) is 36.7 Å². The van der Waals surface area contributed by atoms with E-state index in [2.05, 4.69) is 46.0 Å². The van der Waals surface area contributed by atoms with Gasteiger partial charge in [0.15, 0.2) is 0 Å². The summed E-state index contributed by atoms with van der Waals surface area (Å²) in [6.45, 7) is 8.01. The molecule has 1 aromatic carbocycles. The van der Waals surface area contributed by atoms with E-state index in [0.29, 0.717) is 23.6 Å². The molecule has 2 aliphatic heterocycles. The first-order chi connectivity index (χ1) is 15.4. The summed E-state index contributed by atoms with van der Waals surface area (Å²) in [5.74, 6) is 1.58. The number of likely N-dealkylation sites (tertiary alicyclic amines) is 2. The second-order valence-electron chi connectivity index (χ2n) is 9.65. The number of benzene rings is 1. The molecular weight excluding hydrogens is 405 g/mol. The van der Waals surface area contributed by atoms with Crippen molar-refractivity contribution in [3.05, 3.63) is 53.9 Å². The van der Waals surface area contributed by atoms with Crippen molar-refractivity contribution in [1.29, 1.82) is 0 Å². The first-order valence-electron chi connectivity index (χ1n) is 11.7. The van der Waals surface area contributed by atoms with E-state index in [4.69, 9.17) is 0 Å². The molecule has 1 aromatic heterocycles. The highest BCUT2D eigenvalue weighted by atomic mass is 19.1. The predicted octanol–water partition coefficient (Wildman–Crippen LogP) is 3.91. The van der Waals surface area contributed by atoms with Crippen molar-refractivity contribution < 1.29 is 9.18 Å². The molecule has 2 aromatic rings. The van der Waals surface area contributed by atoms with Crippen LogP contribution in [0.3, 0.4) is 0 Å². The van der Waals surface area contributed by atoms with Gasteiger partial charge in [-0.25, -0.2) is 14.4 Å². The van der Waals surface area contributed by atoms with Crippen LogP contribution in [-0.2, 0) is 11.3 Å². The molecule has 1 amide bonds. The minimum absolute atomic E-state index is 0.0234. The van der Waals surface area contributed by atoms with E-state index in [0.717, 1.165) is 51.3 Å². The third-order valence-electron chi connectivity index (χ3n) is 6.91. The first-order valence-corrected chi connectivity index (χ1v) is 11.7. The molecule has 2 fully saturated rings. The summed E-state index contributed by atoms with van der Waals surface area (Å²) in [4.78, 5) is 26.6. The van der Waals surface area contributed by atoms with Crippen LogP contribution in [0.2, 0.25) is 0 Å². The number of carbonyl (C=O) groups is 1. The van der Waals surface area contributed by atoms with Gasteiger partial charge in [0.05, 0.1) is 5.92 Å². The summed E-state index contributed by atoms with van der Waals surface area (Å²) in [5.41, 5.74) is 1.82. The van der Waals surface area contributed by atoms with Gasteiger partial charge in [0.25, 0.3) is 0 Å². The lowest BCUT2D eigenvalue weighted by Gasteiger charge is -2.37. The van der Waals surface area contributed by atoms with Gasteiger partial charge in [0.2, 0.25) is 5.91 Å². The van der Waals surface area contributed by atoms with Crippen LogP contribution < -0.4 is 5.32 Å². The molecule has 2 atom stereocenters. The largest absolute Gasteiger partial charge is 0.326 e. The first kappa shape index (κ1) is 22.8. The lowest BCUT2D eigenvalue weighted by Crippen LogP contribution is -2.41. The zero-order chi connectivity index (χ0) is 22.7. The molecule has 3 heterocycles. The predicted molar refractivity (Wildman–Crippen MR) is 124 cm³/mol. The molecule has 2 aliphatic rings. The number of piperidine rings is 1.